The second-order valence-electron chi connectivity index (χ2n) is 3.95. The Morgan fingerprint density at radius 1 is 1.45 bits per heavy atom. The average Bonchev–Trinajstić information content (AvgIpc) is 2.38. The Morgan fingerprint density at radius 2 is 2.00 bits per heavy atom. The van der Waals surface area contributed by atoms with Crippen LogP contribution in [0.2, 0.25) is 0 Å². The van der Waals surface area contributed by atoms with Gasteiger partial charge in [0.05, 0.1) is 6.10 Å². The fraction of sp³-hybridized carbons (Fsp3) is 1.00. The second kappa shape index (κ2) is 3.55. The smallest absolute Gasteiger partial charge is 0.0605 e. The van der Waals surface area contributed by atoms with Gasteiger partial charge >= 0.3 is 0 Å². The number of nitrogens with two attached hydrogens (primary N) is 1. The van der Waals surface area contributed by atoms with Crippen molar-refractivity contribution >= 4 is 0 Å². The van der Waals surface area contributed by atoms with E-state index >= 15 is 0 Å². The predicted molar refractivity (Wildman–Crippen MR) is 46.3 cm³/mol. The fourth-order valence-corrected chi connectivity index (χ4v) is 2.02. The lowest BCUT2D eigenvalue weighted by Crippen LogP contribution is -2.31. The van der Waals surface area contributed by atoms with Crippen LogP contribution in [-0.2, 0) is 0 Å². The molecule has 0 bridgehead atoms. The molecule has 1 aliphatic carbocycles. The predicted octanol–water partition coefficient (Wildman–Crippen LogP) is 1.28. The number of aliphatic hydroxyl groups is 1. The fourth-order valence-electron chi connectivity index (χ4n) is 2.02. The number of aliphatic hydroxyl groups excluding tert-OH is 1. The van der Waals surface area contributed by atoms with E-state index in [1.807, 2.05) is 0 Å². The summed E-state index contributed by atoms with van der Waals surface area (Å²) in [6.45, 7) is 2.79. The highest BCUT2D eigenvalue weighted by molar-refractivity contribution is 4.86. The number of rotatable bonds is 3. The van der Waals surface area contributed by atoms with Crippen molar-refractivity contribution in [2.75, 3.05) is 6.54 Å². The van der Waals surface area contributed by atoms with Crippen molar-refractivity contribution in [3.05, 3.63) is 0 Å². The van der Waals surface area contributed by atoms with Gasteiger partial charge in [-0.15, -0.1) is 0 Å². The standard InChI is InChI=1S/C9H19NO/c1-9(5-2-3-6-9)8(11)4-7-10/h8,11H,2-7,10H2,1H3. The normalized spacial score (nSPS) is 25.4. The summed E-state index contributed by atoms with van der Waals surface area (Å²) in [5, 5.41) is 9.73. The summed E-state index contributed by atoms with van der Waals surface area (Å²) in [5.41, 5.74) is 5.58. The minimum absolute atomic E-state index is 0.171. The van der Waals surface area contributed by atoms with Crippen LogP contribution in [0.15, 0.2) is 0 Å². The van der Waals surface area contributed by atoms with Gasteiger partial charge in [0.25, 0.3) is 0 Å². The topological polar surface area (TPSA) is 46.2 Å². The molecule has 0 aliphatic heterocycles. The summed E-state index contributed by atoms with van der Waals surface area (Å²) in [6.07, 6.45) is 5.49. The highest BCUT2D eigenvalue weighted by atomic mass is 16.3. The Morgan fingerprint density at radius 3 is 2.45 bits per heavy atom. The summed E-state index contributed by atoms with van der Waals surface area (Å²) in [5.74, 6) is 0. The maximum atomic E-state index is 9.73. The zero-order valence-corrected chi connectivity index (χ0v) is 7.34. The molecule has 0 heterocycles. The molecule has 0 spiro atoms. The monoisotopic (exact) mass is 157 g/mol. The minimum atomic E-state index is -0.171. The van der Waals surface area contributed by atoms with E-state index in [1.54, 1.807) is 0 Å². The van der Waals surface area contributed by atoms with Crippen LogP contribution in [0.5, 0.6) is 0 Å². The molecular formula is C9H19NO. The van der Waals surface area contributed by atoms with Gasteiger partial charge in [-0.25, -0.2) is 0 Å². The van der Waals surface area contributed by atoms with Crippen molar-refractivity contribution < 1.29 is 5.11 Å². The first-order valence-electron chi connectivity index (χ1n) is 4.57. The van der Waals surface area contributed by atoms with Crippen molar-refractivity contribution in [3.63, 3.8) is 0 Å². The summed E-state index contributed by atoms with van der Waals surface area (Å²) in [6, 6.07) is 0. The molecule has 66 valence electrons. The van der Waals surface area contributed by atoms with Crippen LogP contribution in [0.25, 0.3) is 0 Å². The molecule has 1 saturated carbocycles. The largest absolute Gasteiger partial charge is 0.393 e. The van der Waals surface area contributed by atoms with Crippen LogP contribution < -0.4 is 5.73 Å². The molecule has 0 aromatic carbocycles. The lowest BCUT2D eigenvalue weighted by atomic mass is 9.81. The molecule has 1 atom stereocenters. The van der Waals surface area contributed by atoms with E-state index in [-0.39, 0.29) is 11.5 Å². The van der Waals surface area contributed by atoms with E-state index in [0.29, 0.717) is 6.54 Å². The quantitative estimate of drug-likeness (QED) is 0.648. The second-order valence-corrected chi connectivity index (χ2v) is 3.95. The molecule has 0 radical (unpaired) electrons. The van der Waals surface area contributed by atoms with E-state index in [0.717, 1.165) is 6.42 Å². The van der Waals surface area contributed by atoms with Gasteiger partial charge in [0, 0.05) is 0 Å². The van der Waals surface area contributed by atoms with Crippen LogP contribution in [-0.4, -0.2) is 17.8 Å². The molecule has 0 aromatic heterocycles. The Kier molecular flexibility index (Phi) is 2.90. The lowest BCUT2D eigenvalue weighted by Gasteiger charge is -2.29. The van der Waals surface area contributed by atoms with E-state index in [4.69, 9.17) is 5.73 Å². The molecular weight excluding hydrogens is 138 g/mol. The van der Waals surface area contributed by atoms with Crippen LogP contribution in [0, 0.1) is 5.41 Å². The third-order valence-electron chi connectivity index (χ3n) is 2.99. The minimum Gasteiger partial charge on any atom is -0.393 e. The van der Waals surface area contributed by atoms with Gasteiger partial charge in [-0.2, -0.15) is 0 Å². The van der Waals surface area contributed by atoms with E-state index in [1.165, 1.54) is 25.7 Å². The van der Waals surface area contributed by atoms with Crippen molar-refractivity contribution in [1.82, 2.24) is 0 Å². The molecule has 0 saturated heterocycles. The molecule has 2 heteroatoms. The molecule has 0 amide bonds. The van der Waals surface area contributed by atoms with Gasteiger partial charge in [0.2, 0.25) is 0 Å². The molecule has 3 N–H and O–H groups in total. The third-order valence-corrected chi connectivity index (χ3v) is 2.99. The van der Waals surface area contributed by atoms with Crippen LogP contribution in [0.3, 0.4) is 0 Å². The molecule has 11 heavy (non-hydrogen) atoms. The molecule has 1 unspecified atom stereocenters. The van der Waals surface area contributed by atoms with E-state index < -0.39 is 0 Å². The van der Waals surface area contributed by atoms with E-state index in [2.05, 4.69) is 6.92 Å². The number of hydrogen-bond donors (Lipinski definition) is 2. The van der Waals surface area contributed by atoms with E-state index in [9.17, 15) is 5.11 Å². The maximum absolute atomic E-state index is 9.73. The highest BCUT2D eigenvalue weighted by Crippen LogP contribution is 2.41. The van der Waals surface area contributed by atoms with Gasteiger partial charge in [0.15, 0.2) is 0 Å². The van der Waals surface area contributed by atoms with Crippen molar-refractivity contribution in [2.45, 2.75) is 45.1 Å². The average molecular weight is 157 g/mol. The Bertz CT molecular complexity index is 119. The molecule has 1 aliphatic rings. The van der Waals surface area contributed by atoms with Gasteiger partial charge in [-0.1, -0.05) is 19.8 Å². The van der Waals surface area contributed by atoms with Crippen LogP contribution in [0.4, 0.5) is 0 Å². The zero-order chi connectivity index (χ0) is 8.32. The third kappa shape index (κ3) is 1.94. The van der Waals surface area contributed by atoms with Crippen LogP contribution >= 0.6 is 0 Å². The van der Waals surface area contributed by atoms with Gasteiger partial charge in [0.1, 0.15) is 0 Å². The summed E-state index contributed by atoms with van der Waals surface area (Å²) < 4.78 is 0. The lowest BCUT2D eigenvalue weighted by molar-refractivity contribution is 0.0371. The molecule has 1 rings (SSSR count). The summed E-state index contributed by atoms with van der Waals surface area (Å²) in [7, 11) is 0. The molecule has 2 nitrogen and oxygen atoms in total. The van der Waals surface area contributed by atoms with Gasteiger partial charge < -0.3 is 10.8 Å². The molecule has 1 fully saturated rings. The highest BCUT2D eigenvalue weighted by Gasteiger charge is 2.34. The first-order chi connectivity index (χ1) is 5.19. The summed E-state index contributed by atoms with van der Waals surface area (Å²) >= 11 is 0. The Balaban J connectivity index is 2.42. The van der Waals surface area contributed by atoms with Crippen LogP contribution in [0.1, 0.15) is 39.0 Å². The van der Waals surface area contributed by atoms with Crippen molar-refractivity contribution in [2.24, 2.45) is 11.1 Å². The van der Waals surface area contributed by atoms with Crippen molar-refractivity contribution in [1.29, 1.82) is 0 Å². The van der Waals surface area contributed by atoms with Gasteiger partial charge in [-0.05, 0) is 31.2 Å². The SMILES string of the molecule is CC1(C(O)CCN)CCCC1. The number of hydrogen-bond acceptors (Lipinski definition) is 2. The van der Waals surface area contributed by atoms with Crippen molar-refractivity contribution in [3.8, 4) is 0 Å². The summed E-state index contributed by atoms with van der Waals surface area (Å²) in [4.78, 5) is 0. The maximum Gasteiger partial charge on any atom is 0.0605 e. The molecule has 0 aromatic rings. The first-order valence-corrected chi connectivity index (χ1v) is 4.57. The zero-order valence-electron chi connectivity index (χ0n) is 7.34. The Labute approximate surface area is 68.8 Å². The van der Waals surface area contributed by atoms with Gasteiger partial charge in [-0.3, -0.25) is 0 Å². The first kappa shape index (κ1) is 9.01. The Hall–Kier alpha value is -0.0800.